The molecular weight excluding hydrogens is 210 g/mol. The Kier molecular flexibility index (Phi) is 2.96. The summed E-state index contributed by atoms with van der Waals surface area (Å²) in [6.07, 6.45) is 4.57. The van der Waals surface area contributed by atoms with Gasteiger partial charge in [-0.1, -0.05) is 5.22 Å². The number of hydrogen-bond acceptors (Lipinski definition) is 6. The second-order valence-corrected chi connectivity index (χ2v) is 4.38. The summed E-state index contributed by atoms with van der Waals surface area (Å²) in [5.74, 6) is 0.651. The molecule has 80 valence electrons. The Hall–Kier alpha value is -1.43. The highest BCUT2D eigenvalue weighted by molar-refractivity contribution is 7.09. The van der Waals surface area contributed by atoms with E-state index < -0.39 is 0 Å². The van der Waals surface area contributed by atoms with E-state index in [1.165, 1.54) is 0 Å². The predicted molar refractivity (Wildman–Crippen MR) is 58.9 cm³/mol. The number of hydrogen-bond donors (Lipinski definition) is 1. The number of aromatic nitrogens is 1. The molecule has 6 heteroatoms. The topological polar surface area (TPSA) is 66.9 Å². The van der Waals surface area contributed by atoms with Crippen molar-refractivity contribution in [2.45, 2.75) is 25.9 Å². The first-order valence-electron chi connectivity index (χ1n) is 4.78. The number of thiazole rings is 1. The first-order valence-corrected chi connectivity index (χ1v) is 5.66. The zero-order chi connectivity index (χ0) is 10.7. The molecule has 1 aliphatic rings. The monoisotopic (exact) mass is 223 g/mol. The van der Waals surface area contributed by atoms with Gasteiger partial charge in [-0.15, -0.1) is 11.3 Å². The molecule has 0 bridgehead atoms. The van der Waals surface area contributed by atoms with E-state index in [2.05, 4.69) is 15.3 Å². The third-order valence-electron chi connectivity index (χ3n) is 2.09. The van der Waals surface area contributed by atoms with Crippen molar-refractivity contribution in [3.63, 3.8) is 0 Å². The molecule has 2 rings (SSSR count). The quantitative estimate of drug-likeness (QED) is 0.832. The van der Waals surface area contributed by atoms with Crippen molar-refractivity contribution in [1.82, 2.24) is 9.99 Å². The van der Waals surface area contributed by atoms with Crippen LogP contribution >= 0.6 is 11.3 Å². The zero-order valence-corrected chi connectivity index (χ0v) is 9.31. The molecule has 2 N–H and O–H groups in total. The second-order valence-electron chi connectivity index (χ2n) is 3.40. The Balaban J connectivity index is 2.10. The SMILES string of the molecule is CC1CC=C(N)N(Cc2nccs2)N=N1. The Labute approximate surface area is 92.3 Å². The van der Waals surface area contributed by atoms with E-state index >= 15 is 0 Å². The van der Waals surface area contributed by atoms with Gasteiger partial charge in [0.15, 0.2) is 0 Å². The van der Waals surface area contributed by atoms with Crippen molar-refractivity contribution in [2.24, 2.45) is 16.1 Å². The van der Waals surface area contributed by atoms with Crippen LogP contribution in [0.25, 0.3) is 0 Å². The Morgan fingerprint density at radius 2 is 2.53 bits per heavy atom. The molecule has 15 heavy (non-hydrogen) atoms. The summed E-state index contributed by atoms with van der Waals surface area (Å²) in [6, 6.07) is 0.199. The van der Waals surface area contributed by atoms with Crippen molar-refractivity contribution >= 4 is 11.3 Å². The summed E-state index contributed by atoms with van der Waals surface area (Å²) < 4.78 is 0. The van der Waals surface area contributed by atoms with Crippen LogP contribution < -0.4 is 5.73 Å². The van der Waals surface area contributed by atoms with Gasteiger partial charge in [0.2, 0.25) is 0 Å². The highest BCUT2D eigenvalue weighted by Gasteiger charge is 2.12. The highest BCUT2D eigenvalue weighted by atomic mass is 32.1. The first-order chi connectivity index (χ1) is 7.25. The van der Waals surface area contributed by atoms with Crippen LogP contribution in [-0.4, -0.2) is 16.0 Å². The van der Waals surface area contributed by atoms with Crippen molar-refractivity contribution in [3.05, 3.63) is 28.5 Å². The molecule has 0 aliphatic carbocycles. The molecule has 1 aliphatic heterocycles. The van der Waals surface area contributed by atoms with Crippen LogP contribution in [0.2, 0.25) is 0 Å². The van der Waals surface area contributed by atoms with Gasteiger partial charge in [-0.25, -0.2) is 9.99 Å². The predicted octanol–water partition coefficient (Wildman–Crippen LogP) is 1.90. The minimum Gasteiger partial charge on any atom is -0.384 e. The van der Waals surface area contributed by atoms with Crippen LogP contribution in [-0.2, 0) is 6.54 Å². The van der Waals surface area contributed by atoms with Gasteiger partial charge in [-0.3, -0.25) is 0 Å². The molecular formula is C9H13N5S. The van der Waals surface area contributed by atoms with Crippen LogP contribution in [0.4, 0.5) is 0 Å². The molecule has 1 aromatic heterocycles. The standard InChI is InChI=1S/C9H13N5S/c1-7-2-3-8(10)14(13-12-7)6-9-11-4-5-15-9/h3-5,7H,2,6,10H2,1H3. The number of nitrogens with two attached hydrogens (primary N) is 1. The molecule has 0 saturated carbocycles. The lowest BCUT2D eigenvalue weighted by Gasteiger charge is -2.14. The fourth-order valence-electron chi connectivity index (χ4n) is 1.23. The molecule has 0 aromatic carbocycles. The van der Waals surface area contributed by atoms with Gasteiger partial charge in [-0.2, -0.15) is 5.11 Å². The summed E-state index contributed by atoms with van der Waals surface area (Å²) in [5, 5.41) is 12.8. The second kappa shape index (κ2) is 4.39. The van der Waals surface area contributed by atoms with Crippen molar-refractivity contribution in [1.29, 1.82) is 0 Å². The average molecular weight is 223 g/mol. The van der Waals surface area contributed by atoms with Crippen LogP contribution in [0.1, 0.15) is 18.4 Å². The Morgan fingerprint density at radius 1 is 1.67 bits per heavy atom. The number of nitrogens with zero attached hydrogens (tertiary/aromatic N) is 4. The first kappa shape index (κ1) is 10.1. The minimum absolute atomic E-state index is 0.199. The van der Waals surface area contributed by atoms with Crippen LogP contribution in [0.3, 0.4) is 0 Å². The lowest BCUT2D eigenvalue weighted by Crippen LogP contribution is -2.21. The zero-order valence-electron chi connectivity index (χ0n) is 8.50. The van der Waals surface area contributed by atoms with E-state index in [0.717, 1.165) is 11.4 Å². The molecule has 1 atom stereocenters. The summed E-state index contributed by atoms with van der Waals surface area (Å²) in [6.45, 7) is 2.61. The van der Waals surface area contributed by atoms with E-state index in [9.17, 15) is 0 Å². The van der Waals surface area contributed by atoms with E-state index in [0.29, 0.717) is 12.4 Å². The van der Waals surface area contributed by atoms with Gasteiger partial charge in [0.1, 0.15) is 10.8 Å². The lowest BCUT2D eigenvalue weighted by atomic mass is 10.2. The molecule has 1 unspecified atom stereocenters. The van der Waals surface area contributed by atoms with E-state index in [1.807, 2.05) is 18.4 Å². The Morgan fingerprint density at radius 3 is 3.27 bits per heavy atom. The van der Waals surface area contributed by atoms with Crippen LogP contribution in [0.15, 0.2) is 33.8 Å². The summed E-state index contributed by atoms with van der Waals surface area (Å²) in [7, 11) is 0. The fraction of sp³-hybridized carbons (Fsp3) is 0.444. The van der Waals surface area contributed by atoms with Gasteiger partial charge in [0.05, 0.1) is 12.6 Å². The molecule has 2 heterocycles. The maximum Gasteiger partial charge on any atom is 0.118 e. The maximum absolute atomic E-state index is 5.87. The van der Waals surface area contributed by atoms with Crippen molar-refractivity contribution < 1.29 is 0 Å². The van der Waals surface area contributed by atoms with Crippen molar-refractivity contribution in [3.8, 4) is 0 Å². The highest BCUT2D eigenvalue weighted by Crippen LogP contribution is 2.15. The normalized spacial score (nSPS) is 21.3. The third-order valence-corrected chi connectivity index (χ3v) is 2.86. The molecule has 0 saturated heterocycles. The van der Waals surface area contributed by atoms with Gasteiger partial charge in [0, 0.05) is 11.6 Å². The van der Waals surface area contributed by atoms with Gasteiger partial charge in [0.25, 0.3) is 0 Å². The largest absolute Gasteiger partial charge is 0.384 e. The lowest BCUT2D eigenvalue weighted by molar-refractivity contribution is 0.324. The maximum atomic E-state index is 5.87. The third kappa shape index (κ3) is 2.53. The van der Waals surface area contributed by atoms with E-state index in [-0.39, 0.29) is 6.04 Å². The molecule has 5 nitrogen and oxygen atoms in total. The molecule has 0 spiro atoms. The van der Waals surface area contributed by atoms with Gasteiger partial charge in [-0.05, 0) is 19.4 Å². The summed E-state index contributed by atoms with van der Waals surface area (Å²) >= 11 is 1.59. The molecule has 0 radical (unpaired) electrons. The van der Waals surface area contributed by atoms with E-state index in [1.54, 1.807) is 22.5 Å². The molecule has 0 amide bonds. The summed E-state index contributed by atoms with van der Waals surface area (Å²) in [4.78, 5) is 4.19. The average Bonchev–Trinajstić information content (AvgIpc) is 2.67. The Bertz CT molecular complexity index is 370. The number of rotatable bonds is 2. The summed E-state index contributed by atoms with van der Waals surface area (Å²) in [5.41, 5.74) is 5.87. The minimum atomic E-state index is 0.199. The smallest absolute Gasteiger partial charge is 0.118 e. The van der Waals surface area contributed by atoms with Crippen molar-refractivity contribution in [2.75, 3.05) is 0 Å². The van der Waals surface area contributed by atoms with E-state index in [4.69, 9.17) is 5.73 Å². The van der Waals surface area contributed by atoms with Crippen LogP contribution in [0.5, 0.6) is 0 Å². The van der Waals surface area contributed by atoms with Gasteiger partial charge >= 0.3 is 0 Å². The molecule has 1 aromatic rings. The fourth-order valence-corrected chi connectivity index (χ4v) is 1.83. The van der Waals surface area contributed by atoms with Crippen LogP contribution in [0, 0.1) is 0 Å². The van der Waals surface area contributed by atoms with Gasteiger partial charge < -0.3 is 5.73 Å². The molecule has 0 fully saturated rings.